The number of anilines is 1. The van der Waals surface area contributed by atoms with Gasteiger partial charge in [0.1, 0.15) is 0 Å². The lowest BCUT2D eigenvalue weighted by Crippen LogP contribution is -2.29. The van der Waals surface area contributed by atoms with Crippen LogP contribution in [0.4, 0.5) is 5.69 Å². The topological polar surface area (TPSA) is 57.6 Å². The third-order valence-corrected chi connectivity index (χ3v) is 3.28. The summed E-state index contributed by atoms with van der Waals surface area (Å²) < 4.78 is 0. The Bertz CT molecular complexity index is 545. The molecule has 1 amide bonds. The Labute approximate surface area is 112 Å². The molecule has 2 rings (SSSR count). The van der Waals surface area contributed by atoms with Crippen molar-refractivity contribution in [2.75, 3.05) is 11.4 Å². The number of aliphatic carboxylic acids is 1. The maximum absolute atomic E-state index is 12.1. The standard InChI is InChI=1S/C15H15NO3/c1-2-3-8-14(17)16-10-11(9-15(18)19)12-6-4-5-7-13(12)16/h1,4-7,11H,3,8-10H2,(H,18,19). The molecule has 1 aromatic carbocycles. The maximum atomic E-state index is 12.1. The van der Waals surface area contributed by atoms with E-state index >= 15 is 0 Å². The molecule has 19 heavy (non-hydrogen) atoms. The molecule has 1 aromatic rings. The molecule has 0 fully saturated rings. The van der Waals surface area contributed by atoms with Gasteiger partial charge in [0, 0.05) is 31.0 Å². The highest BCUT2D eigenvalue weighted by molar-refractivity contribution is 5.96. The zero-order chi connectivity index (χ0) is 13.8. The SMILES string of the molecule is C#CCCC(=O)N1CC(CC(=O)O)c2ccccc21. The van der Waals surface area contributed by atoms with Gasteiger partial charge in [0.25, 0.3) is 0 Å². The first kappa shape index (κ1) is 13.2. The molecule has 0 spiro atoms. The highest BCUT2D eigenvalue weighted by atomic mass is 16.4. The van der Waals surface area contributed by atoms with Crippen molar-refractivity contribution in [1.29, 1.82) is 0 Å². The van der Waals surface area contributed by atoms with Crippen LogP contribution in [0.1, 0.15) is 30.7 Å². The molecule has 0 radical (unpaired) electrons. The lowest BCUT2D eigenvalue weighted by Gasteiger charge is -2.17. The first-order valence-corrected chi connectivity index (χ1v) is 6.18. The molecule has 4 nitrogen and oxygen atoms in total. The summed E-state index contributed by atoms with van der Waals surface area (Å²) in [6.45, 7) is 0.426. The number of rotatable bonds is 4. The Hall–Kier alpha value is -2.28. The Morgan fingerprint density at radius 2 is 2.16 bits per heavy atom. The summed E-state index contributed by atoms with van der Waals surface area (Å²) in [4.78, 5) is 24.6. The van der Waals surface area contributed by atoms with Crippen molar-refractivity contribution in [2.45, 2.75) is 25.2 Å². The third kappa shape index (κ3) is 2.76. The van der Waals surface area contributed by atoms with Crippen molar-refractivity contribution in [3.63, 3.8) is 0 Å². The van der Waals surface area contributed by atoms with Crippen LogP contribution in [-0.2, 0) is 9.59 Å². The number of hydrogen-bond acceptors (Lipinski definition) is 2. The molecule has 4 heteroatoms. The van der Waals surface area contributed by atoms with Gasteiger partial charge >= 0.3 is 5.97 Å². The first-order valence-electron chi connectivity index (χ1n) is 6.18. The lowest BCUT2D eigenvalue weighted by molar-refractivity contribution is -0.137. The van der Waals surface area contributed by atoms with E-state index in [1.165, 1.54) is 0 Å². The molecule has 1 heterocycles. The predicted molar refractivity (Wildman–Crippen MR) is 71.9 cm³/mol. The Morgan fingerprint density at radius 1 is 1.42 bits per heavy atom. The quantitative estimate of drug-likeness (QED) is 0.839. The Kier molecular flexibility index (Phi) is 3.86. The zero-order valence-corrected chi connectivity index (χ0v) is 10.5. The molecule has 0 saturated heterocycles. The number of carbonyl (C=O) groups is 2. The van der Waals surface area contributed by atoms with Crippen molar-refractivity contribution in [2.24, 2.45) is 0 Å². The number of carboxylic acid groups (broad SMARTS) is 1. The van der Waals surface area contributed by atoms with Crippen LogP contribution in [0.15, 0.2) is 24.3 Å². The number of carbonyl (C=O) groups excluding carboxylic acids is 1. The van der Waals surface area contributed by atoms with Gasteiger partial charge in [0.05, 0.1) is 6.42 Å². The van der Waals surface area contributed by atoms with E-state index in [0.29, 0.717) is 19.4 Å². The summed E-state index contributed by atoms with van der Waals surface area (Å²) in [6.07, 6.45) is 5.90. The maximum Gasteiger partial charge on any atom is 0.304 e. The molecular weight excluding hydrogens is 242 g/mol. The van der Waals surface area contributed by atoms with Gasteiger partial charge in [-0.25, -0.2) is 0 Å². The average Bonchev–Trinajstić information content (AvgIpc) is 2.75. The van der Waals surface area contributed by atoms with Gasteiger partial charge in [-0.05, 0) is 11.6 Å². The monoisotopic (exact) mass is 257 g/mol. The second-order valence-electron chi connectivity index (χ2n) is 4.56. The van der Waals surface area contributed by atoms with Gasteiger partial charge in [-0.3, -0.25) is 9.59 Å². The number of fused-ring (bicyclic) bond motifs is 1. The van der Waals surface area contributed by atoms with E-state index in [1.807, 2.05) is 24.3 Å². The molecule has 1 unspecified atom stereocenters. The van der Waals surface area contributed by atoms with Crippen molar-refractivity contribution in [3.05, 3.63) is 29.8 Å². The van der Waals surface area contributed by atoms with Crippen molar-refractivity contribution >= 4 is 17.6 Å². The van der Waals surface area contributed by atoms with Crippen LogP contribution in [-0.4, -0.2) is 23.5 Å². The number of carboxylic acids is 1. The summed E-state index contributed by atoms with van der Waals surface area (Å²) in [6, 6.07) is 7.45. The largest absolute Gasteiger partial charge is 0.481 e. The van der Waals surface area contributed by atoms with E-state index in [9.17, 15) is 9.59 Å². The summed E-state index contributed by atoms with van der Waals surface area (Å²) in [5.41, 5.74) is 1.75. The second-order valence-corrected chi connectivity index (χ2v) is 4.56. The summed E-state index contributed by atoms with van der Waals surface area (Å²) in [5.74, 6) is 1.42. The minimum absolute atomic E-state index is 0.0376. The van der Waals surface area contributed by atoms with E-state index < -0.39 is 5.97 Å². The fraction of sp³-hybridized carbons (Fsp3) is 0.333. The van der Waals surface area contributed by atoms with E-state index in [2.05, 4.69) is 5.92 Å². The fourth-order valence-corrected chi connectivity index (χ4v) is 2.43. The van der Waals surface area contributed by atoms with Crippen LogP contribution in [0.25, 0.3) is 0 Å². The van der Waals surface area contributed by atoms with Crippen LogP contribution < -0.4 is 4.90 Å². The highest BCUT2D eigenvalue weighted by Crippen LogP contribution is 2.38. The molecule has 1 aliphatic heterocycles. The minimum atomic E-state index is -0.849. The Balaban J connectivity index is 2.22. The van der Waals surface area contributed by atoms with Crippen LogP contribution >= 0.6 is 0 Å². The molecular formula is C15H15NO3. The average molecular weight is 257 g/mol. The van der Waals surface area contributed by atoms with E-state index in [1.54, 1.807) is 4.90 Å². The molecule has 0 aliphatic carbocycles. The molecule has 0 saturated carbocycles. The highest BCUT2D eigenvalue weighted by Gasteiger charge is 2.32. The van der Waals surface area contributed by atoms with Gasteiger partial charge in [-0.15, -0.1) is 12.3 Å². The zero-order valence-electron chi connectivity index (χ0n) is 10.5. The predicted octanol–water partition coefficient (Wildman–Crippen LogP) is 2.00. The van der Waals surface area contributed by atoms with Crippen LogP contribution in [0.3, 0.4) is 0 Å². The summed E-state index contributed by atoms with van der Waals surface area (Å²) >= 11 is 0. The third-order valence-electron chi connectivity index (χ3n) is 3.28. The first-order chi connectivity index (χ1) is 9.13. The number of terminal acetylenes is 1. The van der Waals surface area contributed by atoms with Crippen molar-refractivity contribution in [3.8, 4) is 12.3 Å². The van der Waals surface area contributed by atoms with Gasteiger partial charge in [-0.1, -0.05) is 18.2 Å². The fourth-order valence-electron chi connectivity index (χ4n) is 2.43. The van der Waals surface area contributed by atoms with Crippen molar-refractivity contribution in [1.82, 2.24) is 0 Å². The second kappa shape index (κ2) is 5.57. The molecule has 0 aromatic heterocycles. The molecule has 1 atom stereocenters. The number of hydrogen-bond donors (Lipinski definition) is 1. The van der Waals surface area contributed by atoms with E-state index in [4.69, 9.17) is 11.5 Å². The van der Waals surface area contributed by atoms with Gasteiger partial charge in [0.2, 0.25) is 5.91 Å². The molecule has 1 N–H and O–H groups in total. The summed E-state index contributed by atoms with van der Waals surface area (Å²) in [5, 5.41) is 8.94. The van der Waals surface area contributed by atoms with Crippen LogP contribution in [0.2, 0.25) is 0 Å². The van der Waals surface area contributed by atoms with Crippen molar-refractivity contribution < 1.29 is 14.7 Å². The minimum Gasteiger partial charge on any atom is -0.481 e. The number of para-hydroxylation sites is 1. The van der Waals surface area contributed by atoms with Gasteiger partial charge < -0.3 is 10.0 Å². The molecule has 98 valence electrons. The smallest absolute Gasteiger partial charge is 0.304 e. The normalized spacial score (nSPS) is 16.8. The molecule has 1 aliphatic rings. The van der Waals surface area contributed by atoms with Crippen LogP contribution in [0, 0.1) is 12.3 Å². The number of amides is 1. The van der Waals surface area contributed by atoms with E-state index in [-0.39, 0.29) is 18.2 Å². The van der Waals surface area contributed by atoms with Crippen LogP contribution in [0.5, 0.6) is 0 Å². The lowest BCUT2D eigenvalue weighted by atomic mass is 9.98. The van der Waals surface area contributed by atoms with Gasteiger partial charge in [-0.2, -0.15) is 0 Å². The molecule has 0 bridgehead atoms. The van der Waals surface area contributed by atoms with E-state index in [0.717, 1.165) is 11.3 Å². The summed E-state index contributed by atoms with van der Waals surface area (Å²) in [7, 11) is 0. The Morgan fingerprint density at radius 3 is 2.84 bits per heavy atom. The van der Waals surface area contributed by atoms with Gasteiger partial charge in [0.15, 0.2) is 0 Å². The number of nitrogens with zero attached hydrogens (tertiary/aromatic N) is 1. The number of benzene rings is 1.